The van der Waals surface area contributed by atoms with Gasteiger partial charge in [0.05, 0.1) is 23.7 Å². The second kappa shape index (κ2) is 12.9. The lowest BCUT2D eigenvalue weighted by Gasteiger charge is -2.46. The van der Waals surface area contributed by atoms with E-state index in [1.54, 1.807) is 12.1 Å². The molecule has 12 nitrogen and oxygen atoms in total. The molecule has 1 amide bonds. The molecule has 284 valence electrons. The Bertz CT molecular complexity index is 1960. The van der Waals surface area contributed by atoms with Crippen molar-refractivity contribution in [1.29, 1.82) is 0 Å². The summed E-state index contributed by atoms with van der Waals surface area (Å²) < 4.78 is 61.7. The molecule has 53 heavy (non-hydrogen) atoms. The highest BCUT2D eigenvalue weighted by atomic mass is 35.5. The minimum atomic E-state index is -0.930. The number of halogens is 3. The fraction of sp³-hybridized carbons (Fsp3) is 0.632. The van der Waals surface area contributed by atoms with Gasteiger partial charge in [-0.2, -0.15) is 9.97 Å². The van der Waals surface area contributed by atoms with Gasteiger partial charge in [0.25, 0.3) is 0 Å². The van der Waals surface area contributed by atoms with Crippen LogP contribution in [0.4, 0.5) is 19.4 Å². The third kappa shape index (κ3) is 6.08. The number of carbonyl (C=O) groups is 1. The Kier molecular flexibility index (Phi) is 8.54. The van der Waals surface area contributed by atoms with Crippen LogP contribution >= 0.6 is 11.6 Å². The molecule has 6 aliphatic rings. The number of piperazine rings is 1. The Balaban J connectivity index is 1.17. The van der Waals surface area contributed by atoms with Crippen molar-refractivity contribution in [3.05, 3.63) is 28.5 Å². The number of rotatable bonds is 8. The van der Waals surface area contributed by atoms with Crippen molar-refractivity contribution in [2.24, 2.45) is 0 Å². The highest BCUT2D eigenvalue weighted by Gasteiger charge is 2.53. The number of amides is 1. The maximum absolute atomic E-state index is 17.4. The zero-order valence-corrected chi connectivity index (χ0v) is 31.3. The number of anilines is 1. The highest BCUT2D eigenvalue weighted by Crippen LogP contribution is 2.51. The first-order valence-corrected chi connectivity index (χ1v) is 19.1. The number of nitrogens with zero attached hydrogens (tertiary/aromatic N) is 6. The molecule has 0 N–H and O–H groups in total. The van der Waals surface area contributed by atoms with Gasteiger partial charge in [0.2, 0.25) is 5.88 Å². The maximum atomic E-state index is 17.4. The molecule has 4 saturated heterocycles. The molecule has 5 atom stereocenters. The summed E-state index contributed by atoms with van der Waals surface area (Å²) >= 11 is 6.86. The van der Waals surface area contributed by atoms with Gasteiger partial charge in [-0.05, 0) is 89.5 Å². The summed E-state index contributed by atoms with van der Waals surface area (Å²) in [7, 11) is 1.52. The summed E-state index contributed by atoms with van der Waals surface area (Å²) in [5, 5.41) is 0.789. The summed E-state index contributed by atoms with van der Waals surface area (Å²) in [5.41, 5.74) is 0.204. The maximum Gasteiger partial charge on any atom is 0.410 e. The molecule has 3 aromatic rings. The molecule has 0 unspecified atom stereocenters. The highest BCUT2D eigenvalue weighted by molar-refractivity contribution is 6.32. The predicted molar refractivity (Wildman–Crippen MR) is 192 cm³/mol. The van der Waals surface area contributed by atoms with Crippen molar-refractivity contribution in [2.45, 2.75) is 107 Å². The Morgan fingerprint density at radius 1 is 1.09 bits per heavy atom. The Hall–Kier alpha value is -3.75. The standard InChI is InChI=1S/C38H45ClF2N6O6/c1-37(2,3)53-36(48)47-22-8-9-26(47)27-17-50-34-29-32(30(41)31(42-34)24-12-23(52-19-49-4)13-25(39)28(24)20-6-7-20)43-35(44-33(29)46(27)16-22)51-18-38-10-5-11-45(38)15-21(40)14-38/h12-13,20-22,26-27H,5-11,14-19H2,1-4H3/t21-,22+,26-,27+,38+/m0/s1. The number of hydrogen-bond acceptors (Lipinski definition) is 11. The molecule has 15 heteroatoms. The predicted octanol–water partition coefficient (Wildman–Crippen LogP) is 6.65. The van der Waals surface area contributed by atoms with Crippen molar-refractivity contribution >= 4 is 34.4 Å². The fourth-order valence-electron chi connectivity index (χ4n) is 9.34. The van der Waals surface area contributed by atoms with Crippen LogP contribution in [0.25, 0.3) is 22.2 Å². The summed E-state index contributed by atoms with van der Waals surface area (Å²) in [6.45, 7) is 7.52. The molecule has 1 saturated carbocycles. The fourth-order valence-corrected chi connectivity index (χ4v) is 9.70. The van der Waals surface area contributed by atoms with E-state index in [0.29, 0.717) is 47.1 Å². The molecule has 0 radical (unpaired) electrons. The van der Waals surface area contributed by atoms with Gasteiger partial charge < -0.3 is 28.6 Å². The Morgan fingerprint density at radius 2 is 1.92 bits per heavy atom. The number of hydrogen-bond donors (Lipinski definition) is 0. The summed E-state index contributed by atoms with van der Waals surface area (Å²) in [5.74, 6) is 0.518. The SMILES string of the molecule is COCOc1cc(Cl)c(C2CC2)c(-c2nc3c4c(nc(OC[C@]56CCCN5C[C@@H](F)C6)nc4c2F)N2C[C@H]4CC[C@@H]([C@H]2CO3)N4C(=O)OC(C)(C)C)c1. The average molecular weight is 755 g/mol. The van der Waals surface area contributed by atoms with Crippen LogP contribution in [0.2, 0.25) is 5.02 Å². The van der Waals surface area contributed by atoms with Gasteiger partial charge in [0, 0.05) is 37.2 Å². The number of carbonyl (C=O) groups excluding carboxylic acids is 1. The van der Waals surface area contributed by atoms with E-state index >= 15 is 4.39 Å². The number of ether oxygens (including phenoxy) is 5. The lowest BCUT2D eigenvalue weighted by atomic mass is 9.95. The van der Waals surface area contributed by atoms with E-state index in [-0.39, 0.29) is 73.2 Å². The lowest BCUT2D eigenvalue weighted by molar-refractivity contribution is 0.00537. The first-order chi connectivity index (χ1) is 25.4. The molecule has 9 rings (SSSR count). The van der Waals surface area contributed by atoms with Crippen LogP contribution in [-0.2, 0) is 9.47 Å². The normalized spacial score (nSPS) is 27.8. The molecule has 5 fully saturated rings. The van der Waals surface area contributed by atoms with E-state index < -0.39 is 23.1 Å². The van der Waals surface area contributed by atoms with Crippen LogP contribution in [0.3, 0.4) is 0 Å². The number of fused-ring (bicyclic) bond motifs is 6. The smallest absolute Gasteiger partial charge is 0.410 e. The third-order valence-corrected chi connectivity index (χ3v) is 12.0. The lowest BCUT2D eigenvalue weighted by Crippen LogP contribution is -2.63. The number of methoxy groups -OCH3 is 1. The van der Waals surface area contributed by atoms with E-state index in [9.17, 15) is 9.18 Å². The molecular weight excluding hydrogens is 710 g/mol. The second-order valence-corrected chi connectivity index (χ2v) is 16.8. The van der Waals surface area contributed by atoms with Gasteiger partial charge in [-0.15, -0.1) is 0 Å². The van der Waals surface area contributed by atoms with Crippen molar-refractivity contribution in [3.63, 3.8) is 0 Å². The summed E-state index contributed by atoms with van der Waals surface area (Å²) in [6.07, 6.45) is 4.20. The van der Waals surface area contributed by atoms with Gasteiger partial charge in [-0.25, -0.2) is 18.6 Å². The Labute approximate surface area is 312 Å². The van der Waals surface area contributed by atoms with Crippen molar-refractivity contribution in [1.82, 2.24) is 24.8 Å². The molecule has 5 aliphatic heterocycles. The second-order valence-electron chi connectivity index (χ2n) is 16.4. The zero-order chi connectivity index (χ0) is 36.8. The van der Waals surface area contributed by atoms with Crippen molar-refractivity contribution < 1.29 is 37.3 Å². The van der Waals surface area contributed by atoms with E-state index in [1.807, 2.05) is 25.7 Å². The summed E-state index contributed by atoms with van der Waals surface area (Å²) in [4.78, 5) is 34.2. The summed E-state index contributed by atoms with van der Waals surface area (Å²) in [6, 6.07) is 2.73. The topological polar surface area (TPSA) is 112 Å². The third-order valence-electron chi connectivity index (χ3n) is 11.7. The number of alkyl halides is 1. The largest absolute Gasteiger partial charge is 0.475 e. The molecule has 2 aromatic heterocycles. The van der Waals surface area contributed by atoms with Crippen LogP contribution in [-0.4, -0.2) is 113 Å². The van der Waals surface area contributed by atoms with Gasteiger partial charge >= 0.3 is 12.1 Å². The average Bonchev–Trinajstić information content (AvgIpc) is 3.72. The molecule has 1 aromatic carbocycles. The van der Waals surface area contributed by atoms with E-state index in [4.69, 9.17) is 50.2 Å². The Morgan fingerprint density at radius 3 is 2.70 bits per heavy atom. The molecule has 0 spiro atoms. The van der Waals surface area contributed by atoms with Crippen LogP contribution in [0.15, 0.2) is 12.1 Å². The quantitative estimate of drug-likeness (QED) is 0.231. The minimum absolute atomic E-state index is 0.00164. The number of pyridine rings is 1. The van der Waals surface area contributed by atoms with Gasteiger partial charge in [-0.3, -0.25) is 9.80 Å². The molecule has 7 heterocycles. The van der Waals surface area contributed by atoms with Gasteiger partial charge in [0.15, 0.2) is 12.6 Å². The van der Waals surface area contributed by atoms with Crippen LogP contribution in [0, 0.1) is 5.82 Å². The van der Waals surface area contributed by atoms with Crippen LogP contribution < -0.4 is 19.1 Å². The van der Waals surface area contributed by atoms with E-state index in [0.717, 1.165) is 50.6 Å². The molecule has 2 bridgehead atoms. The molecule has 1 aliphatic carbocycles. The van der Waals surface area contributed by atoms with Crippen molar-refractivity contribution in [3.8, 4) is 28.9 Å². The van der Waals surface area contributed by atoms with Gasteiger partial charge in [0.1, 0.15) is 53.2 Å². The monoisotopic (exact) mass is 754 g/mol. The van der Waals surface area contributed by atoms with Crippen molar-refractivity contribution in [2.75, 3.05) is 51.7 Å². The van der Waals surface area contributed by atoms with Crippen LogP contribution in [0.5, 0.6) is 17.6 Å². The zero-order valence-electron chi connectivity index (χ0n) is 30.5. The first kappa shape index (κ1) is 35.0. The van der Waals surface area contributed by atoms with E-state index in [1.165, 1.54) is 7.11 Å². The molecular formula is C38H45ClF2N6O6. The number of benzene rings is 1. The van der Waals surface area contributed by atoms with Crippen LogP contribution in [0.1, 0.15) is 77.2 Å². The number of aromatic nitrogens is 3. The minimum Gasteiger partial charge on any atom is -0.475 e. The van der Waals surface area contributed by atoms with E-state index in [2.05, 4.69) is 9.80 Å². The first-order valence-electron chi connectivity index (χ1n) is 18.7. The van der Waals surface area contributed by atoms with Gasteiger partial charge in [-0.1, -0.05) is 11.6 Å².